The SMILES string of the molecule is Oc1ccc(C2(O)CCNCC2)c(Br)c1. The molecular weight excluding hydrogens is 258 g/mol. The van der Waals surface area contributed by atoms with Gasteiger partial charge in [0.05, 0.1) is 5.60 Å². The first kappa shape index (κ1) is 10.9. The summed E-state index contributed by atoms with van der Waals surface area (Å²) < 4.78 is 0.770. The molecular formula is C11H14BrNO2. The fourth-order valence-corrected chi connectivity index (χ4v) is 2.73. The molecule has 0 aromatic heterocycles. The second kappa shape index (κ2) is 4.12. The quantitative estimate of drug-likeness (QED) is 0.729. The molecule has 1 aliphatic heterocycles. The van der Waals surface area contributed by atoms with E-state index in [0.717, 1.165) is 23.1 Å². The zero-order valence-electron chi connectivity index (χ0n) is 8.33. The van der Waals surface area contributed by atoms with Crippen LogP contribution in [-0.4, -0.2) is 23.3 Å². The van der Waals surface area contributed by atoms with E-state index >= 15 is 0 Å². The Morgan fingerprint density at radius 2 is 1.93 bits per heavy atom. The topological polar surface area (TPSA) is 52.5 Å². The van der Waals surface area contributed by atoms with Crippen molar-refractivity contribution in [3.8, 4) is 5.75 Å². The van der Waals surface area contributed by atoms with E-state index in [1.807, 2.05) is 0 Å². The Bertz CT molecular complexity index is 362. The Hall–Kier alpha value is -0.580. The molecule has 0 bridgehead atoms. The first-order valence-corrected chi connectivity index (χ1v) is 5.83. The second-order valence-corrected chi connectivity index (χ2v) is 4.80. The van der Waals surface area contributed by atoms with Crippen molar-refractivity contribution in [3.63, 3.8) is 0 Å². The van der Waals surface area contributed by atoms with Crippen molar-refractivity contribution in [1.82, 2.24) is 5.32 Å². The van der Waals surface area contributed by atoms with E-state index in [9.17, 15) is 10.2 Å². The predicted molar refractivity (Wildman–Crippen MR) is 61.8 cm³/mol. The van der Waals surface area contributed by atoms with Crippen LogP contribution in [0.3, 0.4) is 0 Å². The lowest BCUT2D eigenvalue weighted by Crippen LogP contribution is -2.39. The minimum Gasteiger partial charge on any atom is -0.508 e. The van der Waals surface area contributed by atoms with Gasteiger partial charge in [-0.15, -0.1) is 0 Å². The highest BCUT2D eigenvalue weighted by atomic mass is 79.9. The van der Waals surface area contributed by atoms with Crippen LogP contribution in [0.1, 0.15) is 18.4 Å². The summed E-state index contributed by atoms with van der Waals surface area (Å²) >= 11 is 3.38. The number of aliphatic hydroxyl groups is 1. The number of aromatic hydroxyl groups is 1. The standard InChI is InChI=1S/C11H14BrNO2/c12-10-7-8(14)1-2-9(10)11(15)3-5-13-6-4-11/h1-2,7,13-15H,3-6H2. The highest BCUT2D eigenvalue weighted by molar-refractivity contribution is 9.10. The van der Waals surface area contributed by atoms with E-state index in [2.05, 4.69) is 21.2 Å². The zero-order valence-corrected chi connectivity index (χ0v) is 9.92. The van der Waals surface area contributed by atoms with Crippen molar-refractivity contribution in [3.05, 3.63) is 28.2 Å². The number of nitrogens with one attached hydrogen (secondary N) is 1. The van der Waals surface area contributed by atoms with Gasteiger partial charge in [0.2, 0.25) is 0 Å². The summed E-state index contributed by atoms with van der Waals surface area (Å²) in [6.07, 6.45) is 1.41. The van der Waals surface area contributed by atoms with Gasteiger partial charge in [0.1, 0.15) is 5.75 Å². The van der Waals surface area contributed by atoms with Crippen LogP contribution in [0.25, 0.3) is 0 Å². The van der Waals surface area contributed by atoms with Crippen LogP contribution in [0.5, 0.6) is 5.75 Å². The van der Waals surface area contributed by atoms with Crippen LogP contribution < -0.4 is 5.32 Å². The molecule has 3 N–H and O–H groups in total. The lowest BCUT2D eigenvalue weighted by molar-refractivity contribution is 0.00525. The summed E-state index contributed by atoms with van der Waals surface area (Å²) in [7, 11) is 0. The van der Waals surface area contributed by atoms with Gasteiger partial charge in [-0.1, -0.05) is 22.0 Å². The fraction of sp³-hybridized carbons (Fsp3) is 0.455. The third-order valence-corrected chi connectivity index (χ3v) is 3.54. The molecule has 2 rings (SSSR count). The zero-order chi connectivity index (χ0) is 10.9. The molecule has 0 amide bonds. The summed E-state index contributed by atoms with van der Waals surface area (Å²) in [5.74, 6) is 0.211. The highest BCUT2D eigenvalue weighted by Crippen LogP contribution is 2.36. The van der Waals surface area contributed by atoms with Crippen molar-refractivity contribution in [2.45, 2.75) is 18.4 Å². The van der Waals surface area contributed by atoms with Crippen LogP contribution >= 0.6 is 15.9 Å². The fourth-order valence-electron chi connectivity index (χ4n) is 1.99. The molecule has 1 saturated heterocycles. The number of hydrogen-bond donors (Lipinski definition) is 3. The predicted octanol–water partition coefficient (Wildman–Crippen LogP) is 1.73. The van der Waals surface area contributed by atoms with Crippen LogP contribution in [0.4, 0.5) is 0 Å². The average Bonchev–Trinajstić information content (AvgIpc) is 2.18. The third-order valence-electron chi connectivity index (χ3n) is 2.88. The summed E-state index contributed by atoms with van der Waals surface area (Å²) in [6.45, 7) is 1.65. The Kier molecular flexibility index (Phi) is 3.00. The molecule has 0 radical (unpaired) electrons. The number of piperidine rings is 1. The maximum Gasteiger partial charge on any atom is 0.116 e. The Balaban J connectivity index is 2.35. The molecule has 0 atom stereocenters. The smallest absolute Gasteiger partial charge is 0.116 e. The van der Waals surface area contributed by atoms with E-state index in [1.165, 1.54) is 0 Å². The first-order valence-electron chi connectivity index (χ1n) is 5.04. The Morgan fingerprint density at radius 3 is 2.53 bits per heavy atom. The average molecular weight is 272 g/mol. The van der Waals surface area contributed by atoms with E-state index in [1.54, 1.807) is 18.2 Å². The second-order valence-electron chi connectivity index (χ2n) is 3.95. The molecule has 1 aromatic rings. The Morgan fingerprint density at radius 1 is 1.27 bits per heavy atom. The minimum absolute atomic E-state index is 0.211. The molecule has 0 spiro atoms. The van der Waals surface area contributed by atoms with Crippen molar-refractivity contribution in [1.29, 1.82) is 0 Å². The van der Waals surface area contributed by atoms with E-state index < -0.39 is 5.60 Å². The number of benzene rings is 1. The Labute approximate surface area is 97.3 Å². The summed E-state index contributed by atoms with van der Waals surface area (Å²) in [5.41, 5.74) is 0.0967. The number of halogens is 1. The summed E-state index contributed by atoms with van der Waals surface area (Å²) in [4.78, 5) is 0. The summed E-state index contributed by atoms with van der Waals surface area (Å²) in [6, 6.07) is 5.01. The molecule has 1 aromatic carbocycles. The van der Waals surface area contributed by atoms with Crippen LogP contribution in [-0.2, 0) is 5.60 Å². The van der Waals surface area contributed by atoms with E-state index in [4.69, 9.17) is 0 Å². The maximum atomic E-state index is 10.5. The number of rotatable bonds is 1. The van der Waals surface area contributed by atoms with Gasteiger partial charge in [-0.3, -0.25) is 0 Å². The van der Waals surface area contributed by atoms with Crippen molar-refractivity contribution in [2.75, 3.05) is 13.1 Å². The van der Waals surface area contributed by atoms with Gasteiger partial charge in [0.15, 0.2) is 0 Å². The lowest BCUT2D eigenvalue weighted by Gasteiger charge is -2.33. The molecule has 1 heterocycles. The van der Waals surface area contributed by atoms with Gasteiger partial charge in [0, 0.05) is 4.47 Å². The van der Waals surface area contributed by atoms with Crippen molar-refractivity contribution < 1.29 is 10.2 Å². The lowest BCUT2D eigenvalue weighted by atomic mass is 9.85. The van der Waals surface area contributed by atoms with Crippen LogP contribution in [0.2, 0.25) is 0 Å². The van der Waals surface area contributed by atoms with Gasteiger partial charge in [-0.05, 0) is 43.6 Å². The van der Waals surface area contributed by atoms with Crippen molar-refractivity contribution >= 4 is 15.9 Å². The van der Waals surface area contributed by atoms with Gasteiger partial charge in [-0.2, -0.15) is 0 Å². The largest absolute Gasteiger partial charge is 0.508 e. The number of phenols is 1. The highest BCUT2D eigenvalue weighted by Gasteiger charge is 2.32. The minimum atomic E-state index is -0.766. The molecule has 4 heteroatoms. The molecule has 0 saturated carbocycles. The molecule has 15 heavy (non-hydrogen) atoms. The normalized spacial score (nSPS) is 20.1. The van der Waals surface area contributed by atoms with E-state index in [-0.39, 0.29) is 5.75 Å². The van der Waals surface area contributed by atoms with Gasteiger partial charge >= 0.3 is 0 Å². The third kappa shape index (κ3) is 2.17. The maximum absolute atomic E-state index is 10.5. The molecule has 3 nitrogen and oxygen atoms in total. The van der Waals surface area contributed by atoms with Gasteiger partial charge in [-0.25, -0.2) is 0 Å². The summed E-state index contributed by atoms with van der Waals surface area (Å²) in [5, 5.41) is 23.0. The number of phenolic OH excluding ortho intramolecular Hbond substituents is 1. The molecule has 0 aliphatic carbocycles. The van der Waals surface area contributed by atoms with Crippen LogP contribution in [0.15, 0.2) is 22.7 Å². The van der Waals surface area contributed by atoms with E-state index in [0.29, 0.717) is 12.8 Å². The van der Waals surface area contributed by atoms with Gasteiger partial charge < -0.3 is 15.5 Å². The monoisotopic (exact) mass is 271 g/mol. The number of hydrogen-bond acceptors (Lipinski definition) is 3. The first-order chi connectivity index (χ1) is 7.12. The molecule has 1 fully saturated rings. The van der Waals surface area contributed by atoms with Crippen molar-refractivity contribution in [2.24, 2.45) is 0 Å². The van der Waals surface area contributed by atoms with Crippen LogP contribution in [0, 0.1) is 0 Å². The molecule has 82 valence electrons. The van der Waals surface area contributed by atoms with Gasteiger partial charge in [0.25, 0.3) is 0 Å². The molecule has 1 aliphatic rings. The molecule has 0 unspecified atom stereocenters.